The molecule has 3 fully saturated rings. The molecule has 0 saturated heterocycles. The van der Waals surface area contributed by atoms with E-state index in [1.54, 1.807) is 26.0 Å². The van der Waals surface area contributed by atoms with Crippen LogP contribution >= 0.6 is 0 Å². The van der Waals surface area contributed by atoms with Gasteiger partial charge in [-0.3, -0.25) is 24.0 Å². The van der Waals surface area contributed by atoms with Crippen molar-refractivity contribution < 1.29 is 37.2 Å². The molecule has 51 heavy (non-hydrogen) atoms. The molecule has 5 aliphatic rings. The number of carbonyl (C=O) groups is 4. The van der Waals surface area contributed by atoms with E-state index in [0.717, 1.165) is 27.2 Å². The predicted molar refractivity (Wildman–Crippen MR) is 188 cm³/mol. The Morgan fingerprint density at radius 1 is 1.04 bits per heavy atom. The summed E-state index contributed by atoms with van der Waals surface area (Å²) in [5, 5.41) is 9.65. The molecule has 3 saturated carbocycles. The van der Waals surface area contributed by atoms with Gasteiger partial charge < -0.3 is 20.2 Å². The monoisotopic (exact) mass is 717 g/mol. The number of ether oxygens (including phenoxy) is 1. The van der Waals surface area contributed by atoms with Crippen LogP contribution in [0.5, 0.6) is 5.75 Å². The first kappa shape index (κ1) is 34.7. The Morgan fingerprint density at radius 2 is 1.78 bits per heavy atom. The number of imide groups is 1. The maximum Gasteiger partial charge on any atom is 0.324 e. The lowest BCUT2D eigenvalue weighted by atomic mass is 9.92. The highest BCUT2D eigenvalue weighted by molar-refractivity contribution is 7.91. The second kappa shape index (κ2) is 13.4. The number of fused-ring (bicyclic) bond motifs is 6. The molecule has 4 bridgehead atoms. The minimum absolute atomic E-state index is 0.0851. The van der Waals surface area contributed by atoms with Crippen LogP contribution in [0.3, 0.4) is 0 Å². The molecule has 3 N–H and O–H groups in total. The van der Waals surface area contributed by atoms with Gasteiger partial charge in [-0.1, -0.05) is 48.8 Å². The Labute approximate surface area is 297 Å². The van der Waals surface area contributed by atoms with Crippen LogP contribution in [0.15, 0.2) is 59.8 Å². The zero-order chi connectivity index (χ0) is 36.1. The molecule has 270 valence electrons. The first-order valence-electron chi connectivity index (χ1n) is 17.7. The number of hydrogen-bond donors (Lipinski definition) is 3. The fourth-order valence-electron chi connectivity index (χ4n) is 7.58. The largest absolute Gasteiger partial charge is 0.490 e. The van der Waals surface area contributed by atoms with Crippen molar-refractivity contribution >= 4 is 39.5 Å². The molecule has 5 amide bonds. The summed E-state index contributed by atoms with van der Waals surface area (Å²) in [4.78, 5) is 62.7. The van der Waals surface area contributed by atoms with E-state index in [-0.39, 0.29) is 38.3 Å². The lowest BCUT2D eigenvalue weighted by Gasteiger charge is -2.30. The summed E-state index contributed by atoms with van der Waals surface area (Å²) in [6.45, 7) is 5.71. The maximum atomic E-state index is 14.3. The Kier molecular flexibility index (Phi) is 9.15. The van der Waals surface area contributed by atoms with Gasteiger partial charge in [0.05, 0.1) is 17.1 Å². The van der Waals surface area contributed by atoms with Crippen molar-refractivity contribution in [2.24, 2.45) is 22.9 Å². The molecule has 1 heterocycles. The van der Waals surface area contributed by atoms with Gasteiger partial charge in [-0.25, -0.2) is 13.2 Å². The van der Waals surface area contributed by atoms with Gasteiger partial charge in [-0.15, -0.1) is 0 Å². The van der Waals surface area contributed by atoms with Gasteiger partial charge in [-0.05, 0) is 87.3 Å². The van der Waals surface area contributed by atoms with Crippen molar-refractivity contribution in [3.63, 3.8) is 0 Å². The molecule has 7 rings (SSSR count). The van der Waals surface area contributed by atoms with Crippen LogP contribution in [0.4, 0.5) is 4.79 Å². The van der Waals surface area contributed by atoms with Crippen molar-refractivity contribution in [1.29, 1.82) is 0 Å². The highest BCUT2D eigenvalue weighted by Gasteiger charge is 2.62. The number of benzene rings is 2. The number of oxime groups is 1. The third-order valence-electron chi connectivity index (χ3n) is 10.6. The summed E-state index contributed by atoms with van der Waals surface area (Å²) < 4.78 is 33.5. The Bertz CT molecular complexity index is 1940. The minimum atomic E-state index is -3.85. The number of hydrogen-bond acceptors (Lipinski definition) is 9. The van der Waals surface area contributed by atoms with Gasteiger partial charge in [0.15, 0.2) is 0 Å². The zero-order valence-corrected chi connectivity index (χ0v) is 29.7. The van der Waals surface area contributed by atoms with Crippen molar-refractivity contribution in [2.45, 2.75) is 82.2 Å². The minimum Gasteiger partial charge on any atom is -0.490 e. The first-order chi connectivity index (χ1) is 24.4. The smallest absolute Gasteiger partial charge is 0.324 e. The fourth-order valence-corrected chi connectivity index (χ4v) is 8.94. The summed E-state index contributed by atoms with van der Waals surface area (Å²) in [5.41, 5.74) is 2.84. The van der Waals surface area contributed by atoms with Crippen LogP contribution in [-0.2, 0) is 29.2 Å². The molecule has 0 unspecified atom stereocenters. The normalized spacial score (nSPS) is 28.9. The SMILES string of the molecule is CC[C@H]1C[C@]1(NC(=O)[C@@H]1C[C@@H]2C[C@H]1C(=O)N(C(C)C)C(=O)NC/C=C\COc1ccc3c(c1)/C(=N\O2)c1ccccc1-3)C(=O)NS(=O)(=O)C1CC1. The highest BCUT2D eigenvalue weighted by atomic mass is 32.2. The molecule has 0 aromatic heterocycles. The summed E-state index contributed by atoms with van der Waals surface area (Å²) in [5.74, 6) is -3.47. The lowest BCUT2D eigenvalue weighted by Crippen LogP contribution is -2.55. The number of rotatable bonds is 7. The van der Waals surface area contributed by atoms with Gasteiger partial charge in [0.1, 0.15) is 29.7 Å². The molecular formula is C37H43N5O8S. The predicted octanol–water partition coefficient (Wildman–Crippen LogP) is 3.62. The van der Waals surface area contributed by atoms with Crippen LogP contribution in [-0.4, -0.2) is 78.9 Å². The van der Waals surface area contributed by atoms with Crippen molar-refractivity contribution in [1.82, 2.24) is 20.3 Å². The molecule has 1 aliphatic heterocycles. The van der Waals surface area contributed by atoms with E-state index >= 15 is 0 Å². The number of amides is 5. The highest BCUT2D eigenvalue weighted by Crippen LogP contribution is 2.48. The standard InChI is InChI=1S/C37H43N5O8S/c1-4-22-20-37(22,35(45)41-51(47,48)25-12-13-25)39-33(43)30-18-24-19-31(30)34(44)42(21(2)3)36(46)38-15-7-8-16-49-23-11-14-27-26-9-5-6-10-28(26)32(40-50-24)29(27)17-23/h5-11,14,17,21-22,24-25,30-31H,4,12-13,15-16,18-20H2,1-3H3,(H,38,46)(H,39,43)(H,41,45)/b8-7-,40-32-/t22-,24+,30+,31+,37+/m0/s1. The van der Waals surface area contributed by atoms with Crippen LogP contribution in [0.2, 0.25) is 0 Å². The van der Waals surface area contributed by atoms with Crippen molar-refractivity contribution in [3.8, 4) is 16.9 Å². The maximum absolute atomic E-state index is 14.3. The molecule has 14 heteroatoms. The fraction of sp³-hybridized carbons (Fsp3) is 0.486. The number of nitrogens with zero attached hydrogens (tertiary/aromatic N) is 2. The van der Waals surface area contributed by atoms with Crippen LogP contribution in [0, 0.1) is 17.8 Å². The average molecular weight is 718 g/mol. The number of nitrogens with one attached hydrogen (secondary N) is 3. The lowest BCUT2D eigenvalue weighted by molar-refractivity contribution is -0.140. The van der Waals surface area contributed by atoms with Gasteiger partial charge in [0.25, 0.3) is 5.91 Å². The Balaban J connectivity index is 1.21. The molecule has 2 aromatic carbocycles. The molecule has 2 aromatic rings. The van der Waals surface area contributed by atoms with Crippen LogP contribution < -0.4 is 20.1 Å². The summed E-state index contributed by atoms with van der Waals surface area (Å²) in [6, 6.07) is 12.5. The third-order valence-corrected chi connectivity index (χ3v) is 12.4. The van der Waals surface area contributed by atoms with Gasteiger partial charge in [0, 0.05) is 23.7 Å². The Morgan fingerprint density at radius 3 is 2.49 bits per heavy atom. The van der Waals surface area contributed by atoms with Crippen LogP contribution in [0.25, 0.3) is 11.1 Å². The Hall–Kier alpha value is -4.72. The van der Waals surface area contributed by atoms with Crippen LogP contribution in [0.1, 0.15) is 70.4 Å². The van der Waals surface area contributed by atoms with Gasteiger partial charge in [-0.2, -0.15) is 0 Å². The van der Waals surface area contributed by atoms with E-state index in [1.807, 2.05) is 49.4 Å². The first-order valence-corrected chi connectivity index (χ1v) is 19.2. The molecule has 5 atom stereocenters. The molecular weight excluding hydrogens is 675 g/mol. The van der Waals surface area contributed by atoms with Gasteiger partial charge >= 0.3 is 6.03 Å². The van der Waals surface area contributed by atoms with Gasteiger partial charge in [0.2, 0.25) is 21.8 Å². The number of sulfonamides is 1. The number of urea groups is 1. The van der Waals surface area contributed by atoms with E-state index < -0.39 is 68.5 Å². The molecule has 4 aliphatic carbocycles. The van der Waals surface area contributed by atoms with E-state index in [0.29, 0.717) is 30.7 Å². The number of carbonyl (C=O) groups excluding carboxylic acids is 4. The molecule has 0 radical (unpaired) electrons. The topological polar surface area (TPSA) is 173 Å². The van der Waals surface area contributed by atoms with E-state index in [2.05, 4.69) is 20.5 Å². The second-order valence-electron chi connectivity index (χ2n) is 14.3. The molecule has 0 spiro atoms. The second-order valence-corrected chi connectivity index (χ2v) is 16.3. The quantitative estimate of drug-likeness (QED) is 0.311. The van der Waals surface area contributed by atoms with E-state index in [1.165, 1.54) is 0 Å². The molecule has 13 nitrogen and oxygen atoms in total. The summed E-state index contributed by atoms with van der Waals surface area (Å²) in [6.07, 6.45) is 4.80. The average Bonchev–Trinajstić information content (AvgIpc) is 4.01. The van der Waals surface area contributed by atoms with Crippen molar-refractivity contribution in [2.75, 3.05) is 13.2 Å². The van der Waals surface area contributed by atoms with Crippen molar-refractivity contribution in [3.05, 3.63) is 65.7 Å². The van der Waals surface area contributed by atoms with E-state index in [9.17, 15) is 27.6 Å². The summed E-state index contributed by atoms with van der Waals surface area (Å²) in [7, 11) is -3.85. The zero-order valence-electron chi connectivity index (χ0n) is 28.9. The van der Waals surface area contributed by atoms with E-state index in [4.69, 9.17) is 9.57 Å². The summed E-state index contributed by atoms with van der Waals surface area (Å²) >= 11 is 0. The third kappa shape index (κ3) is 6.61.